The van der Waals surface area contributed by atoms with Gasteiger partial charge in [-0.3, -0.25) is 9.59 Å². The van der Waals surface area contributed by atoms with Crippen LogP contribution in [0.4, 0.5) is 0 Å². The minimum Gasteiger partial charge on any atom is -0.465 e. The molecule has 3 aromatic rings. The van der Waals surface area contributed by atoms with Crippen LogP contribution in [-0.2, 0) is 18.8 Å². The van der Waals surface area contributed by atoms with Gasteiger partial charge in [-0.05, 0) is 96.2 Å². The molecule has 3 aromatic carbocycles. The summed E-state index contributed by atoms with van der Waals surface area (Å²) < 4.78 is 13.7. The van der Waals surface area contributed by atoms with Gasteiger partial charge in [0.2, 0.25) is 0 Å². The smallest absolute Gasteiger partial charge is 0.302 e. The van der Waals surface area contributed by atoms with E-state index in [0.717, 1.165) is 50.5 Å². The fraction of sp³-hybridized carbons (Fsp3) is 0.450. The molecule has 0 amide bonds. The van der Waals surface area contributed by atoms with Crippen molar-refractivity contribution < 1.29 is 18.8 Å². The number of ether oxygens (including phenoxy) is 1. The largest absolute Gasteiger partial charge is 0.465 e. The molecule has 0 unspecified atom stereocenters. The van der Waals surface area contributed by atoms with Crippen LogP contribution in [0, 0.1) is 28.6 Å². The second kappa shape index (κ2) is 11.8. The van der Waals surface area contributed by atoms with E-state index in [1.54, 1.807) is 0 Å². The van der Waals surface area contributed by atoms with E-state index < -0.39 is 8.32 Å². The number of ketones is 1. The zero-order chi connectivity index (χ0) is 31.2. The molecule has 0 heterocycles. The number of benzene rings is 3. The number of esters is 1. The van der Waals surface area contributed by atoms with E-state index in [2.05, 4.69) is 97.9 Å². The molecule has 4 nitrogen and oxygen atoms in total. The minimum atomic E-state index is -2.84. The molecule has 6 atom stereocenters. The lowest BCUT2D eigenvalue weighted by Gasteiger charge is -2.59. The maximum absolute atomic E-state index is 12.9. The maximum Gasteiger partial charge on any atom is 0.302 e. The Balaban J connectivity index is 1.28. The first-order valence-corrected chi connectivity index (χ1v) is 18.9. The third-order valence-electron chi connectivity index (χ3n) is 12.5. The number of carbonyl (C=O) groups is 2. The van der Waals surface area contributed by atoms with Crippen LogP contribution in [0.25, 0.3) is 0 Å². The monoisotopic (exact) mass is 618 g/mol. The molecule has 7 rings (SSSR count). The SMILES string of the molecule is CC(=O)OC[C@]12CCC(=O)C(C)=C1CC[C@@H]1[C@@H]2CC[C@]2(C)[C@@H](O[Si](c3ccccc3)(c3ccccc3)c3ccccc3)CC[C@@H]12. The van der Waals surface area contributed by atoms with Crippen LogP contribution in [0.2, 0.25) is 0 Å². The van der Waals surface area contributed by atoms with Gasteiger partial charge in [-0.1, -0.05) is 103 Å². The predicted octanol–water partition coefficient (Wildman–Crippen LogP) is 6.50. The highest BCUT2D eigenvalue weighted by molar-refractivity contribution is 7.07. The molecule has 0 N–H and O–H groups in total. The molecule has 0 radical (unpaired) electrons. The van der Waals surface area contributed by atoms with E-state index in [4.69, 9.17) is 9.16 Å². The van der Waals surface area contributed by atoms with E-state index in [9.17, 15) is 9.59 Å². The molecule has 0 spiro atoms. The lowest BCUT2D eigenvalue weighted by atomic mass is 9.46. The Kier molecular flexibility index (Phi) is 7.98. The molecule has 0 aliphatic heterocycles. The van der Waals surface area contributed by atoms with Gasteiger partial charge < -0.3 is 9.16 Å². The highest BCUT2D eigenvalue weighted by atomic mass is 28.4. The highest BCUT2D eigenvalue weighted by Crippen LogP contribution is 2.66. The van der Waals surface area contributed by atoms with Gasteiger partial charge in [0.25, 0.3) is 8.32 Å². The van der Waals surface area contributed by atoms with Crippen molar-refractivity contribution in [3.05, 3.63) is 102 Å². The van der Waals surface area contributed by atoms with Crippen LogP contribution in [0.5, 0.6) is 0 Å². The van der Waals surface area contributed by atoms with Crippen molar-refractivity contribution in [1.82, 2.24) is 0 Å². The maximum atomic E-state index is 12.9. The highest BCUT2D eigenvalue weighted by Gasteiger charge is 2.62. The van der Waals surface area contributed by atoms with E-state index in [1.807, 2.05) is 6.92 Å². The van der Waals surface area contributed by atoms with Crippen molar-refractivity contribution in [3.8, 4) is 0 Å². The summed E-state index contributed by atoms with van der Waals surface area (Å²) in [5.74, 6) is 1.57. The number of hydrogen-bond acceptors (Lipinski definition) is 4. The average Bonchev–Trinajstić information content (AvgIpc) is 3.41. The van der Waals surface area contributed by atoms with Crippen molar-refractivity contribution in [3.63, 3.8) is 0 Å². The molecule has 3 saturated carbocycles. The van der Waals surface area contributed by atoms with E-state index in [0.29, 0.717) is 30.8 Å². The Morgan fingerprint density at radius 1 is 0.778 bits per heavy atom. The molecule has 0 bridgehead atoms. The Labute approximate surface area is 269 Å². The fourth-order valence-electron chi connectivity index (χ4n) is 10.3. The van der Waals surface area contributed by atoms with Gasteiger partial charge in [0.05, 0.1) is 6.10 Å². The van der Waals surface area contributed by atoms with Crippen LogP contribution >= 0.6 is 0 Å². The van der Waals surface area contributed by atoms with Gasteiger partial charge in [-0.25, -0.2) is 0 Å². The molecular weight excluding hydrogens is 573 g/mol. The van der Waals surface area contributed by atoms with Crippen molar-refractivity contribution in [1.29, 1.82) is 0 Å². The Morgan fingerprint density at radius 3 is 1.91 bits per heavy atom. The Hall–Kier alpha value is -3.28. The number of fused-ring (bicyclic) bond motifs is 5. The summed E-state index contributed by atoms with van der Waals surface area (Å²) in [7, 11) is -2.84. The quantitative estimate of drug-likeness (QED) is 0.172. The Morgan fingerprint density at radius 2 is 1.36 bits per heavy atom. The van der Waals surface area contributed by atoms with E-state index >= 15 is 0 Å². The second-order valence-corrected chi connectivity index (χ2v) is 17.7. The normalized spacial score (nSPS) is 31.1. The Bertz CT molecular complexity index is 1490. The molecule has 4 aliphatic carbocycles. The van der Waals surface area contributed by atoms with Crippen LogP contribution in [0.3, 0.4) is 0 Å². The van der Waals surface area contributed by atoms with E-state index in [1.165, 1.54) is 28.1 Å². The first kappa shape index (κ1) is 30.4. The summed E-state index contributed by atoms with van der Waals surface area (Å²) in [6.45, 7) is 6.47. The lowest BCUT2D eigenvalue weighted by Crippen LogP contribution is -2.71. The summed E-state index contributed by atoms with van der Waals surface area (Å²) in [5, 5.41) is 3.87. The van der Waals surface area contributed by atoms with Crippen LogP contribution in [0.15, 0.2) is 102 Å². The van der Waals surface area contributed by atoms with E-state index in [-0.39, 0.29) is 28.7 Å². The fourth-order valence-corrected chi connectivity index (χ4v) is 14.5. The van der Waals surface area contributed by atoms with Crippen molar-refractivity contribution in [2.24, 2.45) is 28.6 Å². The van der Waals surface area contributed by atoms with Crippen molar-refractivity contribution >= 4 is 35.6 Å². The molecule has 3 fully saturated rings. The predicted molar refractivity (Wildman–Crippen MR) is 181 cm³/mol. The van der Waals surface area contributed by atoms with Gasteiger partial charge in [-0.15, -0.1) is 0 Å². The zero-order valence-corrected chi connectivity index (χ0v) is 28.0. The van der Waals surface area contributed by atoms with Gasteiger partial charge in [0, 0.05) is 18.8 Å². The summed E-state index contributed by atoms with van der Waals surface area (Å²) in [6, 6.07) is 32.9. The standard InChI is InChI=1S/C40H46O4Si/c1-28-34-20-19-33-35-21-22-38(39(35,3)25-23-36(33)40(34,26-24-37(28)42)27-43-29(2)41)44-45(30-13-7-4-8-14-30,31-15-9-5-10-16-31)32-17-11-6-12-18-32/h4-18,33,35-36,38H,19-27H2,1-3H3/t33-,35-,36-,38-,39-,40+/m0/s1. The summed E-state index contributed by atoms with van der Waals surface area (Å²) in [5.41, 5.74) is 2.08. The molecular formula is C40H46O4Si. The topological polar surface area (TPSA) is 52.6 Å². The number of Topliss-reactive ketones (excluding diaryl/α,β-unsaturated/α-hetero) is 1. The van der Waals surface area contributed by atoms with Crippen LogP contribution in [-0.4, -0.2) is 32.8 Å². The van der Waals surface area contributed by atoms with Crippen LogP contribution in [0.1, 0.15) is 72.1 Å². The average molecular weight is 619 g/mol. The number of carbonyl (C=O) groups excluding carboxylic acids is 2. The summed E-state index contributed by atoms with van der Waals surface area (Å²) >= 11 is 0. The summed E-state index contributed by atoms with van der Waals surface area (Å²) in [4.78, 5) is 25.0. The third kappa shape index (κ3) is 4.89. The number of rotatable bonds is 7. The van der Waals surface area contributed by atoms with Gasteiger partial charge in [0.1, 0.15) is 6.61 Å². The molecule has 0 aromatic heterocycles. The lowest BCUT2D eigenvalue weighted by molar-refractivity contribution is -0.150. The minimum absolute atomic E-state index is 0.0567. The third-order valence-corrected chi connectivity index (χ3v) is 16.5. The molecule has 45 heavy (non-hydrogen) atoms. The molecule has 4 aliphatic rings. The van der Waals surface area contributed by atoms with Crippen LogP contribution < -0.4 is 15.6 Å². The van der Waals surface area contributed by atoms with Gasteiger partial charge in [0.15, 0.2) is 5.78 Å². The van der Waals surface area contributed by atoms with Crippen molar-refractivity contribution in [2.45, 2.75) is 78.2 Å². The molecule has 5 heteroatoms. The van der Waals surface area contributed by atoms with Crippen molar-refractivity contribution in [2.75, 3.05) is 6.61 Å². The first-order chi connectivity index (χ1) is 21.8. The van der Waals surface area contributed by atoms with Gasteiger partial charge in [-0.2, -0.15) is 0 Å². The first-order valence-electron chi connectivity index (χ1n) is 17.0. The number of hydrogen-bond donors (Lipinski definition) is 0. The molecule has 0 saturated heterocycles. The zero-order valence-electron chi connectivity index (χ0n) is 27.0. The molecule has 234 valence electrons. The van der Waals surface area contributed by atoms with Gasteiger partial charge >= 0.3 is 5.97 Å². The second-order valence-electron chi connectivity index (χ2n) is 14.4. The summed E-state index contributed by atoms with van der Waals surface area (Å²) in [6.07, 6.45) is 7.96.